The molecular formula is C25H23N9O. The molecule has 0 unspecified atom stereocenters. The summed E-state index contributed by atoms with van der Waals surface area (Å²) in [5.41, 5.74) is 6.33. The molecule has 10 nitrogen and oxygen atoms in total. The van der Waals surface area contributed by atoms with Crippen molar-refractivity contribution in [1.82, 2.24) is 39.8 Å². The van der Waals surface area contributed by atoms with Crippen LogP contribution in [0.25, 0.3) is 16.9 Å². The van der Waals surface area contributed by atoms with Gasteiger partial charge in [-0.2, -0.15) is 9.67 Å². The number of carbonyl (C=O) groups is 1. The number of hydrogen-bond donors (Lipinski definition) is 2. The van der Waals surface area contributed by atoms with Gasteiger partial charge in [0.15, 0.2) is 11.2 Å². The molecule has 35 heavy (non-hydrogen) atoms. The molecule has 1 amide bonds. The van der Waals surface area contributed by atoms with E-state index in [9.17, 15) is 4.79 Å². The molecule has 2 aromatic carbocycles. The van der Waals surface area contributed by atoms with Gasteiger partial charge in [-0.3, -0.25) is 4.79 Å². The van der Waals surface area contributed by atoms with Crippen molar-refractivity contribution >= 4 is 28.7 Å². The number of aromatic nitrogens is 7. The van der Waals surface area contributed by atoms with Crippen molar-refractivity contribution in [3.05, 3.63) is 84.1 Å². The zero-order valence-electron chi connectivity index (χ0n) is 18.9. The lowest BCUT2D eigenvalue weighted by Crippen LogP contribution is -2.26. The Morgan fingerprint density at radius 2 is 1.94 bits per heavy atom. The van der Waals surface area contributed by atoms with Gasteiger partial charge in [-0.15, -0.1) is 5.10 Å². The van der Waals surface area contributed by atoms with E-state index >= 15 is 0 Å². The molecule has 0 spiro atoms. The van der Waals surface area contributed by atoms with Gasteiger partial charge in [0.1, 0.15) is 0 Å². The van der Waals surface area contributed by atoms with Crippen molar-refractivity contribution in [3.8, 4) is 5.69 Å². The fourth-order valence-corrected chi connectivity index (χ4v) is 4.31. The summed E-state index contributed by atoms with van der Waals surface area (Å²) in [6.45, 7) is 1.19. The van der Waals surface area contributed by atoms with Crippen molar-refractivity contribution in [1.29, 1.82) is 0 Å². The summed E-state index contributed by atoms with van der Waals surface area (Å²) < 4.78 is 3.66. The Bertz CT molecular complexity index is 1490. The normalized spacial score (nSPS) is 12.6. The standard InChI is InChI=1S/C25H23N9O/c35-24(27-11-13-33-12-10-26-16-33)18-4-7-20(8-5-18)29-25-28-15-22-23(30-25)34(32-31-22)21-9-6-17-2-1-3-19(17)14-21/h4-10,12,14-16H,1-3,11,13H2,(H,27,35)(H,28,29,30). The maximum Gasteiger partial charge on any atom is 0.251 e. The molecule has 5 aromatic rings. The van der Waals surface area contributed by atoms with Crippen LogP contribution in [0.4, 0.5) is 11.6 Å². The highest BCUT2D eigenvalue weighted by Crippen LogP contribution is 2.25. The topological polar surface area (TPSA) is 115 Å². The van der Waals surface area contributed by atoms with Crippen LogP contribution in [-0.4, -0.2) is 47.0 Å². The number of fused-ring (bicyclic) bond motifs is 2. The van der Waals surface area contributed by atoms with Crippen LogP contribution in [0.5, 0.6) is 0 Å². The van der Waals surface area contributed by atoms with Gasteiger partial charge in [-0.05, 0) is 66.8 Å². The molecule has 0 atom stereocenters. The van der Waals surface area contributed by atoms with Crippen LogP contribution in [0.1, 0.15) is 27.9 Å². The van der Waals surface area contributed by atoms with Crippen LogP contribution in [0, 0.1) is 0 Å². The highest BCUT2D eigenvalue weighted by molar-refractivity contribution is 5.94. The third-order valence-corrected chi connectivity index (χ3v) is 6.14. The molecule has 1 aliphatic carbocycles. The number of amides is 1. The zero-order chi connectivity index (χ0) is 23.6. The highest BCUT2D eigenvalue weighted by atomic mass is 16.1. The van der Waals surface area contributed by atoms with Gasteiger partial charge in [0.25, 0.3) is 5.91 Å². The summed E-state index contributed by atoms with van der Waals surface area (Å²) in [7, 11) is 0. The first-order chi connectivity index (χ1) is 17.2. The Hall–Kier alpha value is -4.60. The molecule has 3 aromatic heterocycles. The average molecular weight is 466 g/mol. The molecule has 10 heteroatoms. The van der Waals surface area contributed by atoms with Crippen LogP contribution in [0.3, 0.4) is 0 Å². The van der Waals surface area contributed by atoms with E-state index in [0.29, 0.717) is 35.8 Å². The van der Waals surface area contributed by atoms with E-state index < -0.39 is 0 Å². The number of nitrogens with zero attached hydrogens (tertiary/aromatic N) is 7. The Kier molecular flexibility index (Phi) is 5.38. The minimum atomic E-state index is -0.126. The first-order valence-corrected chi connectivity index (χ1v) is 11.5. The van der Waals surface area contributed by atoms with Crippen molar-refractivity contribution in [2.45, 2.75) is 25.8 Å². The van der Waals surface area contributed by atoms with Gasteiger partial charge in [0.2, 0.25) is 5.95 Å². The predicted molar refractivity (Wildman–Crippen MR) is 131 cm³/mol. The van der Waals surface area contributed by atoms with Crippen molar-refractivity contribution < 1.29 is 4.79 Å². The van der Waals surface area contributed by atoms with Crippen molar-refractivity contribution in [2.75, 3.05) is 11.9 Å². The Labute approximate surface area is 201 Å². The van der Waals surface area contributed by atoms with Crippen LogP contribution in [0.15, 0.2) is 67.4 Å². The molecule has 6 rings (SSSR count). The Morgan fingerprint density at radius 3 is 2.80 bits per heavy atom. The molecule has 174 valence electrons. The Balaban J connectivity index is 1.15. The van der Waals surface area contributed by atoms with Crippen molar-refractivity contribution in [3.63, 3.8) is 0 Å². The lowest BCUT2D eigenvalue weighted by molar-refractivity contribution is 0.0952. The third kappa shape index (κ3) is 4.33. The van der Waals surface area contributed by atoms with E-state index in [1.165, 1.54) is 17.5 Å². The second-order valence-corrected chi connectivity index (χ2v) is 8.47. The minimum absolute atomic E-state index is 0.126. The molecule has 0 aliphatic heterocycles. The number of nitrogens with one attached hydrogen (secondary N) is 2. The van der Waals surface area contributed by atoms with Gasteiger partial charge in [0, 0.05) is 36.7 Å². The predicted octanol–water partition coefficient (Wildman–Crippen LogP) is 3.07. The first kappa shape index (κ1) is 21.0. The van der Waals surface area contributed by atoms with Gasteiger partial charge < -0.3 is 15.2 Å². The van der Waals surface area contributed by atoms with E-state index in [4.69, 9.17) is 0 Å². The van der Waals surface area contributed by atoms with E-state index in [1.807, 2.05) is 22.9 Å². The van der Waals surface area contributed by atoms with E-state index in [2.05, 4.69) is 54.1 Å². The van der Waals surface area contributed by atoms with Gasteiger partial charge >= 0.3 is 0 Å². The van der Waals surface area contributed by atoms with Crippen LogP contribution in [-0.2, 0) is 19.4 Å². The van der Waals surface area contributed by atoms with Crippen molar-refractivity contribution in [2.24, 2.45) is 0 Å². The zero-order valence-corrected chi connectivity index (χ0v) is 18.9. The number of aryl methyl sites for hydroxylation is 2. The minimum Gasteiger partial charge on any atom is -0.350 e. The van der Waals surface area contributed by atoms with Gasteiger partial charge in [-0.1, -0.05) is 11.3 Å². The SMILES string of the molecule is O=C(NCCn1ccnc1)c1ccc(Nc2ncc3nnn(-c4ccc5c(c4)CCC5)c3n2)cc1. The highest BCUT2D eigenvalue weighted by Gasteiger charge is 2.15. The molecule has 1 aliphatic rings. The molecular weight excluding hydrogens is 442 g/mol. The van der Waals surface area contributed by atoms with Gasteiger partial charge in [0.05, 0.1) is 18.2 Å². The Morgan fingerprint density at radius 1 is 1.06 bits per heavy atom. The van der Waals surface area contributed by atoms with E-state index in [-0.39, 0.29) is 5.91 Å². The molecule has 3 heterocycles. The summed E-state index contributed by atoms with van der Waals surface area (Å²) >= 11 is 0. The largest absolute Gasteiger partial charge is 0.350 e. The first-order valence-electron chi connectivity index (χ1n) is 11.5. The lowest BCUT2D eigenvalue weighted by Gasteiger charge is -2.08. The summed E-state index contributed by atoms with van der Waals surface area (Å²) in [5.74, 6) is 0.304. The van der Waals surface area contributed by atoms with Crippen LogP contribution >= 0.6 is 0 Å². The second-order valence-electron chi connectivity index (χ2n) is 8.47. The summed E-state index contributed by atoms with van der Waals surface area (Å²) in [5, 5.41) is 14.6. The molecule has 0 fully saturated rings. The fraction of sp³-hybridized carbons (Fsp3) is 0.200. The monoisotopic (exact) mass is 465 g/mol. The quantitative estimate of drug-likeness (QED) is 0.379. The number of rotatable bonds is 7. The van der Waals surface area contributed by atoms with Gasteiger partial charge in [-0.25, -0.2) is 9.97 Å². The van der Waals surface area contributed by atoms with Crippen LogP contribution < -0.4 is 10.6 Å². The third-order valence-electron chi connectivity index (χ3n) is 6.14. The smallest absolute Gasteiger partial charge is 0.251 e. The van der Waals surface area contributed by atoms with E-state index in [1.54, 1.807) is 35.5 Å². The maximum absolute atomic E-state index is 12.4. The summed E-state index contributed by atoms with van der Waals surface area (Å²) in [4.78, 5) is 25.4. The summed E-state index contributed by atoms with van der Waals surface area (Å²) in [6.07, 6.45) is 10.4. The molecule has 0 bridgehead atoms. The number of carbonyl (C=O) groups excluding carboxylic acids is 1. The number of imidazole rings is 1. The van der Waals surface area contributed by atoms with Crippen LogP contribution in [0.2, 0.25) is 0 Å². The summed E-state index contributed by atoms with van der Waals surface area (Å²) in [6, 6.07) is 13.6. The number of anilines is 2. The van der Waals surface area contributed by atoms with E-state index in [0.717, 1.165) is 24.2 Å². The number of hydrogen-bond acceptors (Lipinski definition) is 7. The maximum atomic E-state index is 12.4. The molecule has 0 saturated heterocycles. The molecule has 0 radical (unpaired) electrons. The lowest BCUT2D eigenvalue weighted by atomic mass is 10.1. The molecule has 2 N–H and O–H groups in total. The number of benzene rings is 2. The molecule has 0 saturated carbocycles. The average Bonchev–Trinajstić information content (AvgIpc) is 3.65. The second kappa shape index (κ2) is 8.98. The fourth-order valence-electron chi connectivity index (χ4n) is 4.31.